The molecule has 1 unspecified atom stereocenters. The van der Waals surface area contributed by atoms with Crippen LogP contribution in [-0.2, 0) is 0 Å². The molecule has 0 bridgehead atoms. The van der Waals surface area contributed by atoms with Crippen LogP contribution in [0.5, 0.6) is 0 Å². The van der Waals surface area contributed by atoms with Gasteiger partial charge in [-0.25, -0.2) is 0 Å². The quantitative estimate of drug-likeness (QED) is 0.475. The van der Waals surface area contributed by atoms with Crippen LogP contribution in [0.15, 0.2) is 0 Å². The Morgan fingerprint density at radius 2 is 2.18 bits per heavy atom. The molecule has 0 fully saturated rings. The van der Waals surface area contributed by atoms with Gasteiger partial charge in [-0.15, -0.1) is 6.42 Å². The monoisotopic (exact) mass is 157 g/mol. The summed E-state index contributed by atoms with van der Waals surface area (Å²) in [6.45, 7) is 3.73. The molecule has 0 aliphatic rings. The Labute approximate surface area is 67.4 Å². The van der Waals surface area contributed by atoms with Gasteiger partial charge in [0.05, 0.1) is 18.2 Å². The Bertz CT molecular complexity index is 149. The van der Waals surface area contributed by atoms with Crippen LogP contribution < -0.4 is 5.32 Å². The van der Waals surface area contributed by atoms with Crippen LogP contribution in [0.1, 0.15) is 13.8 Å². The first-order valence-corrected chi connectivity index (χ1v) is 3.53. The van der Waals surface area contributed by atoms with E-state index in [2.05, 4.69) is 11.2 Å². The Morgan fingerprint density at radius 3 is 2.55 bits per heavy atom. The highest BCUT2D eigenvalue weighted by molar-refractivity contribution is 5.07. The van der Waals surface area contributed by atoms with Gasteiger partial charge >= 0.3 is 0 Å². The highest BCUT2D eigenvalue weighted by Crippen LogP contribution is 1.97. The Balaban J connectivity index is 3.63. The standard InChI is InChI=1S/C8H15NO2/c1-4-8(2,3)9-5-7(11)6-10/h1,7,9-11H,5-6H2,2-3H3. The molecule has 0 aliphatic heterocycles. The topological polar surface area (TPSA) is 52.5 Å². The van der Waals surface area contributed by atoms with E-state index in [1.165, 1.54) is 0 Å². The molecule has 0 saturated carbocycles. The predicted octanol–water partition coefficient (Wildman–Crippen LogP) is -0.659. The van der Waals surface area contributed by atoms with E-state index in [0.29, 0.717) is 6.54 Å². The minimum Gasteiger partial charge on any atom is -0.394 e. The third-order valence-corrected chi connectivity index (χ3v) is 1.35. The number of aliphatic hydroxyl groups excluding tert-OH is 2. The van der Waals surface area contributed by atoms with E-state index in [9.17, 15) is 0 Å². The molecule has 0 aromatic carbocycles. The largest absolute Gasteiger partial charge is 0.394 e. The average Bonchev–Trinajstić information content (AvgIpc) is 2.00. The van der Waals surface area contributed by atoms with Gasteiger partial charge in [0, 0.05) is 6.54 Å². The van der Waals surface area contributed by atoms with Crippen molar-refractivity contribution in [2.45, 2.75) is 25.5 Å². The van der Waals surface area contributed by atoms with Gasteiger partial charge in [-0.3, -0.25) is 5.32 Å². The summed E-state index contributed by atoms with van der Waals surface area (Å²) < 4.78 is 0. The number of hydrogen-bond donors (Lipinski definition) is 3. The number of hydrogen-bond acceptors (Lipinski definition) is 3. The summed E-state index contributed by atoms with van der Waals surface area (Å²) in [5.74, 6) is 2.52. The number of nitrogens with one attached hydrogen (secondary N) is 1. The molecule has 3 N–H and O–H groups in total. The molecular weight excluding hydrogens is 142 g/mol. The van der Waals surface area contributed by atoms with Crippen LogP contribution in [0.25, 0.3) is 0 Å². The molecule has 0 amide bonds. The zero-order chi connectivity index (χ0) is 8.91. The molecule has 0 aromatic heterocycles. The number of terminal acetylenes is 1. The summed E-state index contributed by atoms with van der Waals surface area (Å²) in [6, 6.07) is 0. The van der Waals surface area contributed by atoms with E-state index in [-0.39, 0.29) is 6.61 Å². The van der Waals surface area contributed by atoms with Crippen molar-refractivity contribution in [1.29, 1.82) is 0 Å². The second-order valence-corrected chi connectivity index (χ2v) is 2.99. The molecule has 0 saturated heterocycles. The van der Waals surface area contributed by atoms with Crippen LogP contribution in [0.4, 0.5) is 0 Å². The van der Waals surface area contributed by atoms with Gasteiger partial charge in [0.15, 0.2) is 0 Å². The second-order valence-electron chi connectivity index (χ2n) is 2.99. The van der Waals surface area contributed by atoms with E-state index in [4.69, 9.17) is 16.6 Å². The summed E-state index contributed by atoms with van der Waals surface area (Å²) in [5, 5.41) is 20.3. The van der Waals surface area contributed by atoms with Gasteiger partial charge in [-0.05, 0) is 13.8 Å². The van der Waals surface area contributed by atoms with Gasteiger partial charge in [0.1, 0.15) is 0 Å². The third kappa shape index (κ3) is 4.79. The van der Waals surface area contributed by atoms with Crippen molar-refractivity contribution >= 4 is 0 Å². The number of aliphatic hydroxyl groups is 2. The molecule has 11 heavy (non-hydrogen) atoms. The molecule has 3 heteroatoms. The number of rotatable bonds is 4. The Hall–Kier alpha value is -0.560. The van der Waals surface area contributed by atoms with Gasteiger partial charge in [0.2, 0.25) is 0 Å². The lowest BCUT2D eigenvalue weighted by atomic mass is 10.1. The smallest absolute Gasteiger partial charge is 0.0895 e. The fraction of sp³-hybridized carbons (Fsp3) is 0.750. The van der Waals surface area contributed by atoms with E-state index < -0.39 is 11.6 Å². The van der Waals surface area contributed by atoms with Crippen molar-refractivity contribution in [3.63, 3.8) is 0 Å². The summed E-state index contributed by atoms with van der Waals surface area (Å²) >= 11 is 0. The average molecular weight is 157 g/mol. The highest BCUT2D eigenvalue weighted by atomic mass is 16.3. The van der Waals surface area contributed by atoms with Crippen molar-refractivity contribution in [2.24, 2.45) is 0 Å². The molecule has 0 radical (unpaired) electrons. The normalized spacial score (nSPS) is 14.1. The summed E-state index contributed by atoms with van der Waals surface area (Å²) in [6.07, 6.45) is 4.44. The van der Waals surface area contributed by atoms with Crippen molar-refractivity contribution in [3.05, 3.63) is 0 Å². The van der Waals surface area contributed by atoms with E-state index in [1.807, 2.05) is 13.8 Å². The molecule has 0 rings (SSSR count). The summed E-state index contributed by atoms with van der Waals surface area (Å²) in [5.41, 5.74) is -0.420. The maximum atomic E-state index is 8.94. The van der Waals surface area contributed by atoms with Gasteiger partial charge in [-0.2, -0.15) is 0 Å². The van der Waals surface area contributed by atoms with Crippen molar-refractivity contribution < 1.29 is 10.2 Å². The second kappa shape index (κ2) is 4.35. The van der Waals surface area contributed by atoms with Crippen LogP contribution in [-0.4, -0.2) is 35.0 Å². The van der Waals surface area contributed by atoms with Gasteiger partial charge in [0.25, 0.3) is 0 Å². The summed E-state index contributed by atoms with van der Waals surface area (Å²) in [7, 11) is 0. The van der Waals surface area contributed by atoms with E-state index in [1.54, 1.807) is 0 Å². The van der Waals surface area contributed by atoms with Crippen LogP contribution in [0.3, 0.4) is 0 Å². The molecule has 0 aliphatic carbocycles. The number of β-amino-alcohol motifs (C(OH)–C–C–N with tert-alkyl or cyclic N) is 1. The fourth-order valence-corrected chi connectivity index (χ4v) is 0.489. The lowest BCUT2D eigenvalue weighted by Gasteiger charge is -2.20. The molecule has 64 valence electrons. The first kappa shape index (κ1) is 10.4. The van der Waals surface area contributed by atoms with Crippen LogP contribution in [0, 0.1) is 12.3 Å². The van der Waals surface area contributed by atoms with E-state index >= 15 is 0 Å². The van der Waals surface area contributed by atoms with Crippen LogP contribution >= 0.6 is 0 Å². The minimum absolute atomic E-state index is 0.242. The predicted molar refractivity (Wildman–Crippen MR) is 44.0 cm³/mol. The SMILES string of the molecule is C#CC(C)(C)NCC(O)CO. The maximum Gasteiger partial charge on any atom is 0.0895 e. The molecular formula is C8H15NO2. The molecule has 0 heterocycles. The van der Waals surface area contributed by atoms with Gasteiger partial charge in [-0.1, -0.05) is 5.92 Å². The zero-order valence-corrected chi connectivity index (χ0v) is 6.96. The molecule has 0 aromatic rings. The fourth-order valence-electron chi connectivity index (χ4n) is 0.489. The third-order valence-electron chi connectivity index (χ3n) is 1.35. The minimum atomic E-state index is -0.734. The highest BCUT2D eigenvalue weighted by Gasteiger charge is 2.13. The Morgan fingerprint density at radius 1 is 1.64 bits per heavy atom. The van der Waals surface area contributed by atoms with Gasteiger partial charge < -0.3 is 10.2 Å². The van der Waals surface area contributed by atoms with E-state index in [0.717, 1.165) is 0 Å². The van der Waals surface area contributed by atoms with Crippen molar-refractivity contribution in [2.75, 3.05) is 13.2 Å². The molecule has 3 nitrogen and oxygen atoms in total. The van der Waals surface area contributed by atoms with Crippen LogP contribution in [0.2, 0.25) is 0 Å². The lowest BCUT2D eigenvalue weighted by Crippen LogP contribution is -2.43. The maximum absolute atomic E-state index is 8.94. The molecule has 1 atom stereocenters. The first-order chi connectivity index (χ1) is 5.02. The summed E-state index contributed by atoms with van der Waals surface area (Å²) in [4.78, 5) is 0. The zero-order valence-electron chi connectivity index (χ0n) is 6.96. The Kier molecular flexibility index (Phi) is 4.12. The first-order valence-electron chi connectivity index (χ1n) is 3.53. The molecule has 0 spiro atoms. The van der Waals surface area contributed by atoms with Crippen molar-refractivity contribution in [3.8, 4) is 12.3 Å². The lowest BCUT2D eigenvalue weighted by molar-refractivity contribution is 0.0906. The van der Waals surface area contributed by atoms with Crippen molar-refractivity contribution in [1.82, 2.24) is 5.32 Å².